The first-order valence-corrected chi connectivity index (χ1v) is 9.94. The van der Waals surface area contributed by atoms with Crippen molar-refractivity contribution in [2.75, 3.05) is 0 Å². The highest BCUT2D eigenvalue weighted by Crippen LogP contribution is 2.48. The lowest BCUT2D eigenvalue weighted by Gasteiger charge is -2.39. The first kappa shape index (κ1) is 18.1. The first-order valence-electron chi connectivity index (χ1n) is 9.14. The summed E-state index contributed by atoms with van der Waals surface area (Å²) in [6, 6.07) is 18.8. The molecule has 2 heterocycles. The Morgan fingerprint density at radius 1 is 1.19 bits per heavy atom. The Labute approximate surface area is 168 Å². The topological polar surface area (TPSA) is 27.1 Å². The van der Waals surface area contributed by atoms with E-state index in [2.05, 4.69) is 66.7 Å². The highest BCUT2D eigenvalue weighted by molar-refractivity contribution is 9.10. The van der Waals surface area contributed by atoms with Crippen LogP contribution in [0.5, 0.6) is 5.88 Å². The number of ether oxygens (including phenoxy) is 1. The van der Waals surface area contributed by atoms with Gasteiger partial charge in [0.25, 0.3) is 0 Å². The van der Waals surface area contributed by atoms with E-state index >= 15 is 0 Å². The van der Waals surface area contributed by atoms with Crippen LogP contribution in [-0.4, -0.2) is 15.4 Å². The van der Waals surface area contributed by atoms with E-state index in [-0.39, 0.29) is 5.92 Å². The molecule has 0 radical (unpaired) electrons. The Morgan fingerprint density at radius 2 is 1.85 bits per heavy atom. The molecular formula is C23H23BrN2O. The number of rotatable bonds is 3. The second-order valence-electron chi connectivity index (χ2n) is 7.47. The zero-order valence-corrected chi connectivity index (χ0v) is 17.5. The van der Waals surface area contributed by atoms with Crippen LogP contribution in [0.15, 0.2) is 71.2 Å². The second-order valence-corrected chi connectivity index (χ2v) is 8.39. The summed E-state index contributed by atoms with van der Waals surface area (Å²) in [5.74, 6) is 1.04. The molecule has 1 aromatic heterocycles. The molecule has 1 aliphatic rings. The van der Waals surface area contributed by atoms with Gasteiger partial charge in [-0.3, -0.25) is 0 Å². The van der Waals surface area contributed by atoms with Crippen molar-refractivity contribution in [1.29, 1.82) is 0 Å². The molecule has 2 atom stereocenters. The molecule has 3 aromatic rings. The largest absolute Gasteiger partial charge is 0.466 e. The summed E-state index contributed by atoms with van der Waals surface area (Å²) in [5, 5.41) is 4.84. The van der Waals surface area contributed by atoms with Crippen molar-refractivity contribution in [2.24, 2.45) is 0 Å². The highest BCUT2D eigenvalue weighted by atomic mass is 79.9. The van der Waals surface area contributed by atoms with Gasteiger partial charge in [0.15, 0.2) is 0 Å². The number of hydrogen-bond donors (Lipinski definition) is 0. The van der Waals surface area contributed by atoms with Crippen molar-refractivity contribution in [3.05, 3.63) is 88.0 Å². The SMILES string of the molecule is C=C(C)[C@@]1(C)C[C@H](c2ccccc2)c2c(C)nn(-c3ccc(Br)cc3)c2O1. The third kappa shape index (κ3) is 3.12. The first-order chi connectivity index (χ1) is 12.9. The molecule has 0 spiro atoms. The number of fused-ring (bicyclic) bond motifs is 1. The fraction of sp³-hybridized carbons (Fsp3) is 0.261. The molecule has 0 aliphatic carbocycles. The van der Waals surface area contributed by atoms with Gasteiger partial charge in [-0.15, -0.1) is 0 Å². The lowest BCUT2D eigenvalue weighted by Crippen LogP contribution is -2.39. The van der Waals surface area contributed by atoms with Crippen LogP contribution >= 0.6 is 15.9 Å². The van der Waals surface area contributed by atoms with E-state index in [0.29, 0.717) is 0 Å². The summed E-state index contributed by atoms with van der Waals surface area (Å²) in [5.41, 5.74) is 5.03. The minimum atomic E-state index is -0.437. The summed E-state index contributed by atoms with van der Waals surface area (Å²) in [6.07, 6.45) is 0.853. The molecule has 0 unspecified atom stereocenters. The van der Waals surface area contributed by atoms with Gasteiger partial charge < -0.3 is 4.74 Å². The molecule has 0 bridgehead atoms. The number of benzene rings is 2. The third-order valence-corrected chi connectivity index (χ3v) is 6.03. The highest BCUT2D eigenvalue weighted by Gasteiger charge is 2.42. The average molecular weight is 423 g/mol. The number of aromatic nitrogens is 2. The summed E-state index contributed by atoms with van der Waals surface area (Å²) in [7, 11) is 0. The van der Waals surface area contributed by atoms with Gasteiger partial charge in [0.05, 0.1) is 11.4 Å². The minimum absolute atomic E-state index is 0.223. The lowest BCUT2D eigenvalue weighted by molar-refractivity contribution is 0.0856. The van der Waals surface area contributed by atoms with Crippen LogP contribution in [0, 0.1) is 6.92 Å². The molecule has 27 heavy (non-hydrogen) atoms. The van der Waals surface area contributed by atoms with Crippen molar-refractivity contribution >= 4 is 15.9 Å². The zero-order valence-electron chi connectivity index (χ0n) is 15.9. The standard InChI is InChI=1S/C23H23BrN2O/c1-15(2)23(4)14-20(17-8-6-5-7-9-17)21-16(3)25-26(22(21)27-23)19-12-10-18(24)11-13-19/h5-13,20H,1,14H2,2-4H3/t20-,23-/m1/s1. The van der Waals surface area contributed by atoms with Crippen molar-refractivity contribution in [2.45, 2.75) is 38.7 Å². The fourth-order valence-corrected chi connectivity index (χ4v) is 4.02. The summed E-state index contributed by atoms with van der Waals surface area (Å²) < 4.78 is 9.52. The van der Waals surface area contributed by atoms with E-state index in [0.717, 1.165) is 33.7 Å². The van der Waals surface area contributed by atoms with Crippen molar-refractivity contribution in [3.8, 4) is 11.6 Å². The zero-order chi connectivity index (χ0) is 19.2. The van der Waals surface area contributed by atoms with Gasteiger partial charge in [-0.2, -0.15) is 5.10 Å². The molecule has 4 heteroatoms. The molecule has 1 aliphatic heterocycles. The normalized spacial score (nSPS) is 21.4. The maximum atomic E-state index is 6.56. The van der Waals surface area contributed by atoms with Crippen LogP contribution < -0.4 is 4.74 Å². The Morgan fingerprint density at radius 3 is 2.48 bits per heavy atom. The predicted molar refractivity (Wildman–Crippen MR) is 113 cm³/mol. The number of nitrogens with zero attached hydrogens (tertiary/aromatic N) is 2. The maximum absolute atomic E-state index is 6.56. The van der Waals surface area contributed by atoms with Gasteiger partial charge in [-0.25, -0.2) is 4.68 Å². The van der Waals surface area contributed by atoms with Crippen molar-refractivity contribution in [3.63, 3.8) is 0 Å². The van der Waals surface area contributed by atoms with E-state index in [1.54, 1.807) is 0 Å². The van der Waals surface area contributed by atoms with Crippen LogP contribution in [-0.2, 0) is 0 Å². The Kier molecular flexibility index (Phi) is 4.47. The number of halogens is 1. The van der Waals surface area contributed by atoms with Gasteiger partial charge >= 0.3 is 0 Å². The second kappa shape index (κ2) is 6.68. The number of hydrogen-bond acceptors (Lipinski definition) is 2. The Bertz CT molecular complexity index is 991. The van der Waals surface area contributed by atoms with Crippen molar-refractivity contribution < 1.29 is 4.74 Å². The van der Waals surface area contributed by atoms with Gasteiger partial charge in [0.2, 0.25) is 5.88 Å². The number of aryl methyl sites for hydroxylation is 1. The van der Waals surface area contributed by atoms with E-state index < -0.39 is 5.60 Å². The average Bonchev–Trinajstić information content (AvgIpc) is 2.98. The Balaban J connectivity index is 1.92. The molecule has 0 saturated heterocycles. The minimum Gasteiger partial charge on any atom is -0.466 e. The fourth-order valence-electron chi connectivity index (χ4n) is 3.75. The van der Waals surface area contributed by atoms with Gasteiger partial charge in [-0.05, 0) is 56.2 Å². The molecule has 4 rings (SSSR count). The molecule has 0 amide bonds. The summed E-state index contributed by atoms with van der Waals surface area (Å²) >= 11 is 3.50. The quantitative estimate of drug-likeness (QED) is 0.470. The van der Waals surface area contributed by atoms with E-state index in [1.807, 2.05) is 35.9 Å². The Hall–Kier alpha value is -2.33. The van der Waals surface area contributed by atoms with Gasteiger partial charge in [-0.1, -0.05) is 52.8 Å². The smallest absolute Gasteiger partial charge is 0.221 e. The van der Waals surface area contributed by atoms with Crippen LogP contribution in [0.1, 0.15) is 43.0 Å². The molecular weight excluding hydrogens is 400 g/mol. The van der Waals surface area contributed by atoms with Gasteiger partial charge in [0.1, 0.15) is 5.60 Å². The van der Waals surface area contributed by atoms with E-state index in [9.17, 15) is 0 Å². The predicted octanol–water partition coefficient (Wildman–Crippen LogP) is 6.19. The van der Waals surface area contributed by atoms with E-state index in [1.165, 1.54) is 11.1 Å². The molecule has 2 aromatic carbocycles. The van der Waals surface area contributed by atoms with Crippen molar-refractivity contribution in [1.82, 2.24) is 9.78 Å². The van der Waals surface area contributed by atoms with Crippen LogP contribution in [0.3, 0.4) is 0 Å². The summed E-state index contributed by atoms with van der Waals surface area (Å²) in [4.78, 5) is 0. The molecule has 138 valence electrons. The maximum Gasteiger partial charge on any atom is 0.221 e. The third-order valence-electron chi connectivity index (χ3n) is 5.50. The molecule has 0 fully saturated rings. The van der Waals surface area contributed by atoms with Crippen LogP contribution in [0.4, 0.5) is 0 Å². The summed E-state index contributed by atoms with van der Waals surface area (Å²) in [6.45, 7) is 10.4. The van der Waals surface area contributed by atoms with Crippen LogP contribution in [0.2, 0.25) is 0 Å². The molecule has 0 saturated carbocycles. The van der Waals surface area contributed by atoms with E-state index in [4.69, 9.17) is 9.84 Å². The molecule has 0 N–H and O–H groups in total. The molecule has 3 nitrogen and oxygen atoms in total. The monoisotopic (exact) mass is 422 g/mol. The van der Waals surface area contributed by atoms with Crippen LogP contribution in [0.25, 0.3) is 5.69 Å². The van der Waals surface area contributed by atoms with Gasteiger partial charge in [0, 0.05) is 22.4 Å². The lowest BCUT2D eigenvalue weighted by atomic mass is 9.77.